The molecular formula is C12H14ClNO2. The number of hydrogen-bond donors (Lipinski definition) is 1. The second-order valence-corrected chi connectivity index (χ2v) is 4.10. The van der Waals surface area contributed by atoms with Crippen molar-refractivity contribution in [2.45, 2.75) is 13.3 Å². The van der Waals surface area contributed by atoms with E-state index in [0.29, 0.717) is 17.3 Å². The Bertz CT molecular complexity index is 519. The van der Waals surface area contributed by atoms with Gasteiger partial charge in [-0.2, -0.15) is 0 Å². The van der Waals surface area contributed by atoms with E-state index in [4.69, 9.17) is 26.5 Å². The third-order valence-corrected chi connectivity index (χ3v) is 2.86. The highest BCUT2D eigenvalue weighted by Gasteiger charge is 2.15. The SMILES string of the molecule is COc1cc(Cl)cc2c(CCN)c(C)oc12. The normalized spacial score (nSPS) is 11.0. The number of ether oxygens (including phenoxy) is 1. The lowest BCUT2D eigenvalue weighted by Gasteiger charge is -2.01. The van der Waals surface area contributed by atoms with E-state index >= 15 is 0 Å². The number of benzene rings is 1. The maximum Gasteiger partial charge on any atom is 0.176 e. The first kappa shape index (κ1) is 11.3. The van der Waals surface area contributed by atoms with Crippen LogP contribution in [0, 0.1) is 6.92 Å². The van der Waals surface area contributed by atoms with Gasteiger partial charge in [0, 0.05) is 22.0 Å². The van der Waals surface area contributed by atoms with Crippen LogP contribution in [-0.4, -0.2) is 13.7 Å². The Morgan fingerprint density at radius 2 is 2.19 bits per heavy atom. The van der Waals surface area contributed by atoms with E-state index < -0.39 is 0 Å². The number of fused-ring (bicyclic) bond motifs is 1. The number of furan rings is 1. The van der Waals surface area contributed by atoms with Gasteiger partial charge >= 0.3 is 0 Å². The zero-order valence-electron chi connectivity index (χ0n) is 9.34. The van der Waals surface area contributed by atoms with Crippen LogP contribution in [-0.2, 0) is 6.42 Å². The fourth-order valence-corrected chi connectivity index (χ4v) is 2.12. The largest absolute Gasteiger partial charge is 0.493 e. The maximum absolute atomic E-state index is 6.03. The van der Waals surface area contributed by atoms with Gasteiger partial charge in [0.25, 0.3) is 0 Å². The minimum absolute atomic E-state index is 0.588. The van der Waals surface area contributed by atoms with Crippen LogP contribution in [0.3, 0.4) is 0 Å². The third kappa shape index (κ3) is 1.77. The van der Waals surface area contributed by atoms with Gasteiger partial charge in [-0.3, -0.25) is 0 Å². The van der Waals surface area contributed by atoms with Gasteiger partial charge in [0.05, 0.1) is 7.11 Å². The van der Waals surface area contributed by atoms with Crippen LogP contribution in [0.5, 0.6) is 5.75 Å². The molecule has 0 aliphatic heterocycles. The van der Waals surface area contributed by atoms with E-state index in [9.17, 15) is 0 Å². The molecule has 0 saturated carbocycles. The minimum atomic E-state index is 0.588. The molecule has 0 aliphatic rings. The molecule has 1 aromatic carbocycles. The monoisotopic (exact) mass is 239 g/mol. The van der Waals surface area contributed by atoms with E-state index in [2.05, 4.69) is 0 Å². The smallest absolute Gasteiger partial charge is 0.176 e. The molecule has 86 valence electrons. The maximum atomic E-state index is 6.03. The van der Waals surface area contributed by atoms with Crippen LogP contribution in [0.1, 0.15) is 11.3 Å². The second kappa shape index (κ2) is 4.36. The summed E-state index contributed by atoms with van der Waals surface area (Å²) in [7, 11) is 1.60. The van der Waals surface area contributed by atoms with Crippen LogP contribution >= 0.6 is 11.6 Å². The number of methoxy groups -OCH3 is 1. The van der Waals surface area contributed by atoms with Crippen LogP contribution in [0.15, 0.2) is 16.5 Å². The molecule has 3 nitrogen and oxygen atoms in total. The van der Waals surface area contributed by atoms with Gasteiger partial charge in [-0.1, -0.05) is 11.6 Å². The number of aryl methyl sites for hydroxylation is 1. The van der Waals surface area contributed by atoms with Gasteiger partial charge in [-0.25, -0.2) is 0 Å². The standard InChI is InChI=1S/C12H14ClNO2/c1-7-9(3-4-14)10-5-8(13)6-11(15-2)12(10)16-7/h5-6H,3-4,14H2,1-2H3. The Morgan fingerprint density at radius 3 is 2.81 bits per heavy atom. The van der Waals surface area contributed by atoms with Crippen LogP contribution in [0.4, 0.5) is 0 Å². The molecule has 0 amide bonds. The summed E-state index contributed by atoms with van der Waals surface area (Å²) in [6.07, 6.45) is 0.780. The molecule has 0 atom stereocenters. The number of halogens is 1. The lowest BCUT2D eigenvalue weighted by atomic mass is 10.1. The summed E-state index contributed by atoms with van der Waals surface area (Å²) >= 11 is 6.03. The van der Waals surface area contributed by atoms with E-state index in [1.807, 2.05) is 13.0 Å². The highest BCUT2D eigenvalue weighted by Crippen LogP contribution is 2.35. The summed E-state index contributed by atoms with van der Waals surface area (Å²) in [6, 6.07) is 3.64. The van der Waals surface area contributed by atoms with Crippen molar-refractivity contribution in [1.29, 1.82) is 0 Å². The molecule has 1 heterocycles. The first-order valence-electron chi connectivity index (χ1n) is 5.13. The summed E-state index contributed by atoms with van der Waals surface area (Å²) in [5, 5.41) is 1.63. The average molecular weight is 240 g/mol. The van der Waals surface area contributed by atoms with Crippen molar-refractivity contribution in [2.75, 3.05) is 13.7 Å². The van der Waals surface area contributed by atoms with Crippen molar-refractivity contribution in [1.82, 2.24) is 0 Å². The van der Waals surface area contributed by atoms with Crippen LogP contribution in [0.2, 0.25) is 5.02 Å². The van der Waals surface area contributed by atoms with Gasteiger partial charge in [0.1, 0.15) is 5.76 Å². The summed E-state index contributed by atoms with van der Waals surface area (Å²) in [5.74, 6) is 1.54. The Labute approximate surface area is 99.1 Å². The second-order valence-electron chi connectivity index (χ2n) is 3.66. The van der Waals surface area contributed by atoms with Crippen molar-refractivity contribution in [2.24, 2.45) is 5.73 Å². The molecule has 0 bridgehead atoms. The first-order chi connectivity index (χ1) is 7.67. The van der Waals surface area contributed by atoms with Gasteiger partial charge < -0.3 is 14.9 Å². The van der Waals surface area contributed by atoms with Gasteiger partial charge in [-0.15, -0.1) is 0 Å². The van der Waals surface area contributed by atoms with Gasteiger partial charge in [0.15, 0.2) is 11.3 Å². The van der Waals surface area contributed by atoms with Crippen LogP contribution < -0.4 is 10.5 Å². The molecule has 0 spiro atoms. The molecule has 2 rings (SSSR count). The Balaban J connectivity index is 2.73. The zero-order chi connectivity index (χ0) is 11.7. The Morgan fingerprint density at radius 1 is 1.44 bits per heavy atom. The van der Waals surface area contributed by atoms with Crippen LogP contribution in [0.25, 0.3) is 11.0 Å². The highest BCUT2D eigenvalue weighted by atomic mass is 35.5. The average Bonchev–Trinajstić information content (AvgIpc) is 2.56. The number of rotatable bonds is 3. The summed E-state index contributed by atoms with van der Waals surface area (Å²) < 4.78 is 10.9. The molecule has 0 fully saturated rings. The first-order valence-corrected chi connectivity index (χ1v) is 5.50. The lowest BCUT2D eigenvalue weighted by Crippen LogP contribution is -2.02. The molecular weight excluding hydrogens is 226 g/mol. The third-order valence-electron chi connectivity index (χ3n) is 2.64. The predicted molar refractivity (Wildman–Crippen MR) is 65.3 cm³/mol. The number of nitrogens with two attached hydrogens (primary N) is 1. The predicted octanol–water partition coefficient (Wildman–Crippen LogP) is 2.90. The van der Waals surface area contributed by atoms with E-state index in [0.717, 1.165) is 28.7 Å². The van der Waals surface area contributed by atoms with E-state index in [1.54, 1.807) is 13.2 Å². The van der Waals surface area contributed by atoms with E-state index in [1.165, 1.54) is 0 Å². The van der Waals surface area contributed by atoms with Crippen molar-refractivity contribution in [3.63, 3.8) is 0 Å². The summed E-state index contributed by atoms with van der Waals surface area (Å²) in [6.45, 7) is 2.52. The van der Waals surface area contributed by atoms with Crippen molar-refractivity contribution < 1.29 is 9.15 Å². The minimum Gasteiger partial charge on any atom is -0.493 e. The van der Waals surface area contributed by atoms with E-state index in [-0.39, 0.29) is 0 Å². The Kier molecular flexibility index (Phi) is 3.08. The Hall–Kier alpha value is -1.19. The zero-order valence-corrected chi connectivity index (χ0v) is 10.1. The van der Waals surface area contributed by atoms with Crippen molar-refractivity contribution in [3.8, 4) is 5.75 Å². The van der Waals surface area contributed by atoms with Gasteiger partial charge in [-0.05, 0) is 26.0 Å². The quantitative estimate of drug-likeness (QED) is 0.896. The number of hydrogen-bond acceptors (Lipinski definition) is 3. The molecule has 0 saturated heterocycles. The molecule has 0 aliphatic carbocycles. The summed E-state index contributed by atoms with van der Waals surface area (Å²) in [4.78, 5) is 0. The van der Waals surface area contributed by atoms with Crippen molar-refractivity contribution in [3.05, 3.63) is 28.5 Å². The lowest BCUT2D eigenvalue weighted by molar-refractivity contribution is 0.408. The summed E-state index contributed by atoms with van der Waals surface area (Å²) in [5.41, 5.74) is 7.44. The molecule has 2 aromatic rings. The fourth-order valence-electron chi connectivity index (χ4n) is 1.91. The molecule has 4 heteroatoms. The highest BCUT2D eigenvalue weighted by molar-refractivity contribution is 6.31. The molecule has 2 N–H and O–H groups in total. The van der Waals surface area contributed by atoms with Gasteiger partial charge in [0.2, 0.25) is 0 Å². The molecule has 16 heavy (non-hydrogen) atoms. The molecule has 0 unspecified atom stereocenters. The fraction of sp³-hybridized carbons (Fsp3) is 0.333. The molecule has 1 aromatic heterocycles. The van der Waals surface area contributed by atoms with Crippen molar-refractivity contribution >= 4 is 22.6 Å². The molecule has 0 radical (unpaired) electrons. The topological polar surface area (TPSA) is 48.4 Å².